The fraction of sp³-hybridized carbons (Fsp3) is 0.400. The Morgan fingerprint density at radius 3 is 2.76 bits per heavy atom. The van der Waals surface area contributed by atoms with Crippen LogP contribution in [0.4, 0.5) is 0 Å². The van der Waals surface area contributed by atoms with E-state index in [0.29, 0.717) is 11.3 Å². The zero-order valence-corrected chi connectivity index (χ0v) is 12.3. The largest absolute Gasteiger partial charge is 0.462 e. The van der Waals surface area contributed by atoms with E-state index in [-0.39, 0.29) is 13.0 Å². The number of hydrogen-bond acceptors (Lipinski definition) is 5. The van der Waals surface area contributed by atoms with Crippen LogP contribution < -0.4 is 0 Å². The van der Waals surface area contributed by atoms with Gasteiger partial charge >= 0.3 is 5.97 Å². The number of ether oxygens (including phenoxy) is 1. The molecule has 1 heterocycles. The Labute approximate surface area is 123 Å². The summed E-state index contributed by atoms with van der Waals surface area (Å²) in [7, 11) is 0. The molecule has 1 aliphatic heterocycles. The van der Waals surface area contributed by atoms with E-state index in [4.69, 9.17) is 4.74 Å². The van der Waals surface area contributed by atoms with Gasteiger partial charge in [0.15, 0.2) is 0 Å². The molecule has 0 saturated carbocycles. The first-order valence-corrected chi connectivity index (χ1v) is 6.73. The summed E-state index contributed by atoms with van der Waals surface area (Å²) < 4.78 is 4.86. The number of aryl methyl sites for hydroxylation is 1. The van der Waals surface area contributed by atoms with Gasteiger partial charge in [0.05, 0.1) is 6.61 Å². The predicted octanol–water partition coefficient (Wildman–Crippen LogP) is 1.47. The van der Waals surface area contributed by atoms with Crippen LogP contribution in [0.1, 0.15) is 36.2 Å². The fourth-order valence-electron chi connectivity index (χ4n) is 2.24. The van der Waals surface area contributed by atoms with Gasteiger partial charge < -0.3 is 9.84 Å². The van der Waals surface area contributed by atoms with Crippen molar-refractivity contribution in [2.75, 3.05) is 6.61 Å². The number of esters is 1. The molecular formula is C15H18N2O4. The van der Waals surface area contributed by atoms with Crippen molar-refractivity contribution in [2.45, 2.75) is 32.9 Å². The molecule has 1 atom stereocenters. The third-order valence-electron chi connectivity index (χ3n) is 3.18. The van der Waals surface area contributed by atoms with Crippen molar-refractivity contribution in [1.29, 1.82) is 0 Å². The van der Waals surface area contributed by atoms with Gasteiger partial charge in [0, 0.05) is 17.7 Å². The average molecular weight is 290 g/mol. The molecule has 1 aromatic rings. The molecule has 0 aromatic heterocycles. The van der Waals surface area contributed by atoms with E-state index in [9.17, 15) is 14.7 Å². The molecule has 1 aromatic carbocycles. The van der Waals surface area contributed by atoms with Gasteiger partial charge in [-0.15, -0.1) is 0 Å². The van der Waals surface area contributed by atoms with Crippen LogP contribution in [0.15, 0.2) is 29.4 Å². The topological polar surface area (TPSA) is 79.2 Å². The molecule has 112 valence electrons. The van der Waals surface area contributed by atoms with Crippen molar-refractivity contribution in [1.82, 2.24) is 5.01 Å². The van der Waals surface area contributed by atoms with Crippen molar-refractivity contribution >= 4 is 17.6 Å². The van der Waals surface area contributed by atoms with Gasteiger partial charge in [0.1, 0.15) is 0 Å². The smallest absolute Gasteiger partial charge is 0.362 e. The molecule has 1 unspecified atom stereocenters. The van der Waals surface area contributed by atoms with Crippen molar-refractivity contribution in [3.63, 3.8) is 0 Å². The lowest BCUT2D eigenvalue weighted by atomic mass is 10.1. The highest BCUT2D eigenvalue weighted by Gasteiger charge is 2.51. The highest BCUT2D eigenvalue weighted by atomic mass is 16.6. The molecule has 0 radical (unpaired) electrons. The first-order valence-electron chi connectivity index (χ1n) is 6.73. The van der Waals surface area contributed by atoms with Crippen LogP contribution in [0.3, 0.4) is 0 Å². The summed E-state index contributed by atoms with van der Waals surface area (Å²) in [5.74, 6) is -1.40. The Morgan fingerprint density at radius 2 is 2.14 bits per heavy atom. The van der Waals surface area contributed by atoms with E-state index in [1.807, 2.05) is 13.0 Å². The number of carbonyl (C=O) groups is 2. The SMILES string of the molecule is CCOC(=O)C1(O)CC(C)=NN1C(=O)c1cccc(C)c1. The molecule has 6 nitrogen and oxygen atoms in total. The summed E-state index contributed by atoms with van der Waals surface area (Å²) >= 11 is 0. The van der Waals surface area contributed by atoms with Gasteiger partial charge in [-0.2, -0.15) is 10.1 Å². The molecule has 2 rings (SSSR count). The molecule has 0 saturated heterocycles. The highest BCUT2D eigenvalue weighted by Crippen LogP contribution is 2.28. The second kappa shape index (κ2) is 5.65. The predicted molar refractivity (Wildman–Crippen MR) is 76.7 cm³/mol. The summed E-state index contributed by atoms with van der Waals surface area (Å²) in [6.07, 6.45) is -0.0522. The van der Waals surface area contributed by atoms with Gasteiger partial charge in [0.25, 0.3) is 11.6 Å². The van der Waals surface area contributed by atoms with E-state index in [0.717, 1.165) is 10.6 Å². The van der Waals surface area contributed by atoms with Gasteiger partial charge in [-0.25, -0.2) is 4.79 Å². The molecule has 1 amide bonds. The standard InChI is InChI=1S/C15H18N2O4/c1-4-21-14(19)15(20)9-11(3)16-17(15)13(18)12-7-5-6-10(2)8-12/h5-8,20H,4,9H2,1-3H3. The first kappa shape index (κ1) is 15.2. The van der Waals surface area contributed by atoms with E-state index >= 15 is 0 Å². The highest BCUT2D eigenvalue weighted by molar-refractivity contribution is 6.02. The minimum atomic E-state index is -2.07. The summed E-state index contributed by atoms with van der Waals surface area (Å²) in [5.41, 5.74) is -0.316. The molecule has 21 heavy (non-hydrogen) atoms. The second-order valence-corrected chi connectivity index (χ2v) is 5.04. The number of nitrogens with zero attached hydrogens (tertiary/aromatic N) is 2. The summed E-state index contributed by atoms with van der Waals surface area (Å²) in [6.45, 7) is 5.25. The minimum absolute atomic E-state index is 0.0522. The number of hydrazone groups is 1. The molecule has 0 bridgehead atoms. The maximum absolute atomic E-state index is 12.5. The molecule has 0 spiro atoms. The van der Waals surface area contributed by atoms with Crippen LogP contribution in [0.5, 0.6) is 0 Å². The van der Waals surface area contributed by atoms with Crippen LogP contribution in [0, 0.1) is 6.92 Å². The van der Waals surface area contributed by atoms with Crippen LogP contribution in [-0.2, 0) is 9.53 Å². The lowest BCUT2D eigenvalue weighted by molar-refractivity contribution is -0.179. The second-order valence-electron chi connectivity index (χ2n) is 5.04. The number of hydrogen-bond donors (Lipinski definition) is 1. The molecule has 1 N–H and O–H groups in total. The van der Waals surface area contributed by atoms with Crippen molar-refractivity contribution in [2.24, 2.45) is 5.10 Å². The minimum Gasteiger partial charge on any atom is -0.462 e. The van der Waals surface area contributed by atoms with Crippen molar-refractivity contribution < 1.29 is 19.4 Å². The Hall–Kier alpha value is -2.21. The molecule has 0 fully saturated rings. The average Bonchev–Trinajstić information content (AvgIpc) is 2.75. The van der Waals surface area contributed by atoms with Crippen LogP contribution in [-0.4, -0.2) is 40.0 Å². The zero-order valence-electron chi connectivity index (χ0n) is 12.3. The van der Waals surface area contributed by atoms with Gasteiger partial charge in [-0.3, -0.25) is 4.79 Å². The summed E-state index contributed by atoms with van der Waals surface area (Å²) in [6, 6.07) is 6.88. The number of benzene rings is 1. The van der Waals surface area contributed by atoms with Gasteiger partial charge in [0.2, 0.25) is 0 Å². The fourth-order valence-corrected chi connectivity index (χ4v) is 2.24. The van der Waals surface area contributed by atoms with Crippen LogP contribution in [0.25, 0.3) is 0 Å². The third kappa shape index (κ3) is 2.80. The van der Waals surface area contributed by atoms with Gasteiger partial charge in [-0.1, -0.05) is 17.7 Å². The molecule has 1 aliphatic rings. The number of carbonyl (C=O) groups excluding carboxylic acids is 2. The number of rotatable bonds is 3. The Kier molecular flexibility index (Phi) is 4.09. The Balaban J connectivity index is 2.35. The lowest BCUT2D eigenvalue weighted by Crippen LogP contribution is -2.53. The van der Waals surface area contributed by atoms with E-state index in [1.165, 1.54) is 0 Å². The van der Waals surface area contributed by atoms with Crippen LogP contribution in [0.2, 0.25) is 0 Å². The lowest BCUT2D eigenvalue weighted by Gasteiger charge is -2.28. The summed E-state index contributed by atoms with van der Waals surface area (Å²) in [4.78, 5) is 24.5. The van der Waals surface area contributed by atoms with E-state index in [2.05, 4.69) is 5.10 Å². The normalized spacial score (nSPS) is 21.1. The summed E-state index contributed by atoms with van der Waals surface area (Å²) in [5, 5.41) is 15.4. The van der Waals surface area contributed by atoms with Crippen LogP contribution >= 0.6 is 0 Å². The third-order valence-corrected chi connectivity index (χ3v) is 3.18. The maximum Gasteiger partial charge on any atom is 0.362 e. The quantitative estimate of drug-likeness (QED) is 0.855. The molecular weight excluding hydrogens is 272 g/mol. The first-order chi connectivity index (χ1) is 9.88. The van der Waals surface area contributed by atoms with Gasteiger partial charge in [-0.05, 0) is 32.9 Å². The molecule has 6 heteroatoms. The maximum atomic E-state index is 12.5. The Bertz CT molecular complexity index is 611. The van der Waals surface area contributed by atoms with Crippen molar-refractivity contribution in [3.8, 4) is 0 Å². The van der Waals surface area contributed by atoms with E-state index < -0.39 is 17.6 Å². The number of aliphatic hydroxyl groups is 1. The monoisotopic (exact) mass is 290 g/mol. The number of amides is 1. The van der Waals surface area contributed by atoms with E-state index in [1.54, 1.807) is 32.0 Å². The van der Waals surface area contributed by atoms with Crippen molar-refractivity contribution in [3.05, 3.63) is 35.4 Å². The zero-order chi connectivity index (χ0) is 15.6. The Morgan fingerprint density at radius 1 is 1.43 bits per heavy atom. The molecule has 0 aliphatic carbocycles.